The van der Waals surface area contributed by atoms with Gasteiger partial charge < -0.3 is 10.6 Å². The standard InChI is InChI=1S/C18H32N4S.HI/c1-5-16(22-10-6-7-11-22)13-20-18(19-4)21-14(2)12-17-9-8-15(3)23-17;/h8-9,14,16H,5-7,10-13H2,1-4H3,(H2,19,20,21);1H. The SMILES string of the molecule is CCC(CNC(=NC)NC(C)Cc1ccc(C)s1)N1CCCC1.I. The van der Waals surface area contributed by atoms with Gasteiger partial charge in [-0.3, -0.25) is 9.89 Å². The third-order valence-corrected chi connectivity index (χ3v) is 5.57. The van der Waals surface area contributed by atoms with Crippen LogP contribution in [0.2, 0.25) is 0 Å². The number of halogens is 1. The molecule has 0 spiro atoms. The molecule has 0 saturated carbocycles. The van der Waals surface area contributed by atoms with Crippen LogP contribution in [-0.2, 0) is 6.42 Å². The summed E-state index contributed by atoms with van der Waals surface area (Å²) in [7, 11) is 1.86. The molecule has 0 radical (unpaired) electrons. The normalized spacial score (nSPS) is 18.1. The van der Waals surface area contributed by atoms with Gasteiger partial charge in [0, 0.05) is 41.9 Å². The first-order valence-corrected chi connectivity index (χ1v) is 9.70. The maximum Gasteiger partial charge on any atom is 0.191 e. The quantitative estimate of drug-likeness (QED) is 0.368. The van der Waals surface area contributed by atoms with Crippen molar-refractivity contribution < 1.29 is 0 Å². The minimum absolute atomic E-state index is 0. The van der Waals surface area contributed by atoms with Crippen LogP contribution in [0.15, 0.2) is 17.1 Å². The molecule has 138 valence electrons. The number of nitrogens with one attached hydrogen (secondary N) is 2. The molecule has 2 atom stereocenters. The van der Waals surface area contributed by atoms with E-state index in [4.69, 9.17) is 0 Å². The number of hydrogen-bond donors (Lipinski definition) is 2. The molecule has 2 unspecified atom stereocenters. The van der Waals surface area contributed by atoms with Gasteiger partial charge in [0.2, 0.25) is 0 Å². The lowest BCUT2D eigenvalue weighted by Crippen LogP contribution is -2.48. The molecule has 0 amide bonds. The predicted molar refractivity (Wildman–Crippen MR) is 117 cm³/mol. The third kappa shape index (κ3) is 6.88. The summed E-state index contributed by atoms with van der Waals surface area (Å²) in [5.41, 5.74) is 0. The van der Waals surface area contributed by atoms with Crippen molar-refractivity contribution in [3.8, 4) is 0 Å². The van der Waals surface area contributed by atoms with Crippen LogP contribution in [0.25, 0.3) is 0 Å². The van der Waals surface area contributed by atoms with Gasteiger partial charge in [0.05, 0.1) is 0 Å². The van der Waals surface area contributed by atoms with Gasteiger partial charge in [0.1, 0.15) is 0 Å². The van der Waals surface area contributed by atoms with Crippen molar-refractivity contribution >= 4 is 41.3 Å². The first-order chi connectivity index (χ1) is 11.1. The highest BCUT2D eigenvalue weighted by atomic mass is 127. The third-order valence-electron chi connectivity index (χ3n) is 4.54. The summed E-state index contributed by atoms with van der Waals surface area (Å²) in [6.07, 6.45) is 4.93. The van der Waals surface area contributed by atoms with Crippen LogP contribution in [0.5, 0.6) is 0 Å². The first kappa shape index (κ1) is 21.7. The largest absolute Gasteiger partial charge is 0.355 e. The fourth-order valence-electron chi connectivity index (χ4n) is 3.23. The summed E-state index contributed by atoms with van der Waals surface area (Å²) in [6, 6.07) is 5.42. The van der Waals surface area contributed by atoms with E-state index in [0.717, 1.165) is 18.9 Å². The smallest absolute Gasteiger partial charge is 0.191 e. The van der Waals surface area contributed by atoms with E-state index in [9.17, 15) is 0 Å². The number of hydrogen-bond acceptors (Lipinski definition) is 3. The number of guanidine groups is 1. The zero-order valence-corrected chi connectivity index (χ0v) is 18.6. The second kappa shape index (κ2) is 11.3. The van der Waals surface area contributed by atoms with E-state index in [1.165, 1.54) is 42.1 Å². The Labute approximate surface area is 168 Å². The molecule has 0 aliphatic carbocycles. The van der Waals surface area contributed by atoms with Gasteiger partial charge in [-0.2, -0.15) is 0 Å². The van der Waals surface area contributed by atoms with Crippen LogP contribution in [0, 0.1) is 6.92 Å². The summed E-state index contributed by atoms with van der Waals surface area (Å²) in [5.74, 6) is 0.920. The van der Waals surface area contributed by atoms with E-state index in [-0.39, 0.29) is 24.0 Å². The minimum atomic E-state index is 0. The molecule has 2 N–H and O–H groups in total. The molecule has 0 bridgehead atoms. The highest BCUT2D eigenvalue weighted by molar-refractivity contribution is 14.0. The molecule has 6 heteroatoms. The molecule has 1 aromatic heterocycles. The molecule has 1 aromatic rings. The van der Waals surface area contributed by atoms with Crippen molar-refractivity contribution in [2.75, 3.05) is 26.7 Å². The Morgan fingerprint density at radius 2 is 2.04 bits per heavy atom. The van der Waals surface area contributed by atoms with Gasteiger partial charge in [0.15, 0.2) is 5.96 Å². The molecular formula is C18H33IN4S. The molecule has 1 aliphatic rings. The van der Waals surface area contributed by atoms with Crippen molar-refractivity contribution in [3.63, 3.8) is 0 Å². The predicted octanol–water partition coefficient (Wildman–Crippen LogP) is 3.64. The van der Waals surface area contributed by atoms with E-state index < -0.39 is 0 Å². The van der Waals surface area contributed by atoms with Crippen molar-refractivity contribution in [2.24, 2.45) is 4.99 Å². The number of rotatable bonds is 7. The molecule has 2 heterocycles. The lowest BCUT2D eigenvalue weighted by Gasteiger charge is -2.28. The van der Waals surface area contributed by atoms with Crippen molar-refractivity contribution in [1.29, 1.82) is 0 Å². The minimum Gasteiger partial charge on any atom is -0.355 e. The molecule has 24 heavy (non-hydrogen) atoms. The molecule has 1 saturated heterocycles. The second-order valence-corrected chi connectivity index (χ2v) is 7.89. The number of aliphatic imine (C=N–C) groups is 1. The Balaban J connectivity index is 0.00000288. The molecule has 1 aliphatic heterocycles. The molecule has 0 aromatic carbocycles. The summed E-state index contributed by atoms with van der Waals surface area (Å²) in [4.78, 5) is 9.81. The van der Waals surface area contributed by atoms with Gasteiger partial charge in [-0.1, -0.05) is 6.92 Å². The van der Waals surface area contributed by atoms with Crippen LogP contribution in [-0.4, -0.2) is 49.6 Å². The number of aryl methyl sites for hydroxylation is 1. The topological polar surface area (TPSA) is 39.7 Å². The van der Waals surface area contributed by atoms with Gasteiger partial charge in [-0.25, -0.2) is 0 Å². The van der Waals surface area contributed by atoms with Gasteiger partial charge in [-0.15, -0.1) is 35.3 Å². The zero-order chi connectivity index (χ0) is 16.7. The van der Waals surface area contributed by atoms with E-state index >= 15 is 0 Å². The maximum absolute atomic E-state index is 4.39. The Morgan fingerprint density at radius 3 is 2.58 bits per heavy atom. The van der Waals surface area contributed by atoms with Crippen LogP contribution in [0.3, 0.4) is 0 Å². The highest BCUT2D eigenvalue weighted by Gasteiger charge is 2.20. The fraction of sp³-hybridized carbons (Fsp3) is 0.722. The fourth-order valence-corrected chi connectivity index (χ4v) is 4.25. The van der Waals surface area contributed by atoms with Crippen LogP contribution in [0.4, 0.5) is 0 Å². The first-order valence-electron chi connectivity index (χ1n) is 8.89. The zero-order valence-electron chi connectivity index (χ0n) is 15.5. The summed E-state index contributed by atoms with van der Waals surface area (Å²) < 4.78 is 0. The summed E-state index contributed by atoms with van der Waals surface area (Å²) in [6.45, 7) is 10.1. The highest BCUT2D eigenvalue weighted by Crippen LogP contribution is 2.16. The molecular weight excluding hydrogens is 431 g/mol. The van der Waals surface area contributed by atoms with Crippen molar-refractivity contribution in [2.45, 2.75) is 58.5 Å². The van der Waals surface area contributed by atoms with Gasteiger partial charge in [0.25, 0.3) is 0 Å². The average Bonchev–Trinajstić information content (AvgIpc) is 3.19. The number of nitrogens with zero attached hydrogens (tertiary/aromatic N) is 2. The van der Waals surface area contributed by atoms with E-state index in [1.54, 1.807) is 0 Å². The lowest BCUT2D eigenvalue weighted by molar-refractivity contribution is 0.236. The average molecular weight is 464 g/mol. The lowest BCUT2D eigenvalue weighted by atomic mass is 10.2. The van der Waals surface area contributed by atoms with E-state index in [0.29, 0.717) is 12.1 Å². The number of likely N-dealkylation sites (tertiary alicyclic amines) is 1. The Morgan fingerprint density at radius 1 is 1.33 bits per heavy atom. The Bertz CT molecular complexity index is 497. The molecule has 1 fully saturated rings. The van der Waals surface area contributed by atoms with Crippen molar-refractivity contribution in [1.82, 2.24) is 15.5 Å². The number of thiophene rings is 1. The summed E-state index contributed by atoms with van der Waals surface area (Å²) >= 11 is 1.88. The monoisotopic (exact) mass is 464 g/mol. The molecule has 2 rings (SSSR count). The van der Waals surface area contributed by atoms with Crippen LogP contribution in [0.1, 0.15) is 42.9 Å². The molecule has 4 nitrogen and oxygen atoms in total. The Kier molecular flexibility index (Phi) is 10.2. The van der Waals surface area contributed by atoms with Crippen LogP contribution < -0.4 is 10.6 Å². The van der Waals surface area contributed by atoms with Crippen molar-refractivity contribution in [3.05, 3.63) is 21.9 Å². The van der Waals surface area contributed by atoms with Gasteiger partial charge in [-0.05, 0) is 58.3 Å². The maximum atomic E-state index is 4.39. The van der Waals surface area contributed by atoms with Gasteiger partial charge >= 0.3 is 0 Å². The van der Waals surface area contributed by atoms with E-state index in [2.05, 4.69) is 53.4 Å². The van der Waals surface area contributed by atoms with Crippen LogP contribution >= 0.6 is 35.3 Å². The summed E-state index contributed by atoms with van der Waals surface area (Å²) in [5, 5.41) is 7.04. The Hall–Kier alpha value is -0.340. The second-order valence-electron chi connectivity index (χ2n) is 6.52. The van der Waals surface area contributed by atoms with E-state index in [1.807, 2.05) is 18.4 Å².